The highest BCUT2D eigenvalue weighted by Gasteiger charge is 2.36. The molecule has 0 bridgehead atoms. The van der Waals surface area contributed by atoms with Gasteiger partial charge in [0.05, 0.1) is 4.91 Å². The molecule has 0 unspecified atom stereocenters. The highest BCUT2D eigenvalue weighted by atomic mass is 35.5. The highest BCUT2D eigenvalue weighted by Crippen LogP contribution is 2.35. The zero-order valence-electron chi connectivity index (χ0n) is 15.6. The number of aromatic nitrogens is 1. The van der Waals surface area contributed by atoms with Gasteiger partial charge in [0.25, 0.3) is 11.1 Å². The molecule has 142 valence electrons. The number of rotatable bonds is 4. The van der Waals surface area contributed by atoms with E-state index in [2.05, 4.69) is 10.6 Å². The number of amides is 2. The summed E-state index contributed by atoms with van der Waals surface area (Å²) >= 11 is 6.99. The van der Waals surface area contributed by atoms with E-state index in [1.165, 1.54) is 4.90 Å². The topological polar surface area (TPSA) is 42.3 Å². The molecule has 1 aromatic heterocycles. The first-order valence-electron chi connectivity index (χ1n) is 9.03. The lowest BCUT2D eigenvalue weighted by Gasteiger charge is -2.16. The van der Waals surface area contributed by atoms with Crippen molar-refractivity contribution in [3.63, 3.8) is 0 Å². The fourth-order valence-electron chi connectivity index (χ4n) is 3.37. The van der Waals surface area contributed by atoms with E-state index in [1.807, 2.05) is 68.6 Å². The zero-order chi connectivity index (χ0) is 19.8. The van der Waals surface area contributed by atoms with Crippen LogP contribution < -0.4 is 0 Å². The Bertz CT molecular complexity index is 1100. The summed E-state index contributed by atoms with van der Waals surface area (Å²) < 4.78 is 2.15. The lowest BCUT2D eigenvalue weighted by atomic mass is 10.1. The van der Waals surface area contributed by atoms with Gasteiger partial charge in [0.1, 0.15) is 0 Å². The van der Waals surface area contributed by atoms with Crippen LogP contribution in [0.1, 0.15) is 25.0 Å². The normalized spacial score (nSPS) is 16.1. The molecule has 2 aromatic carbocycles. The largest absolute Gasteiger partial charge is 0.342 e. The Morgan fingerprint density at radius 1 is 1.07 bits per heavy atom. The van der Waals surface area contributed by atoms with Crippen LogP contribution in [0.15, 0.2) is 59.6 Å². The summed E-state index contributed by atoms with van der Waals surface area (Å²) in [5.41, 5.74) is 3.14. The van der Waals surface area contributed by atoms with E-state index >= 15 is 0 Å². The van der Waals surface area contributed by atoms with Gasteiger partial charge in [-0.1, -0.05) is 41.9 Å². The van der Waals surface area contributed by atoms with Gasteiger partial charge in [-0.05, 0) is 55.4 Å². The van der Waals surface area contributed by atoms with E-state index in [9.17, 15) is 9.59 Å². The van der Waals surface area contributed by atoms with Crippen LogP contribution in [-0.4, -0.2) is 26.7 Å². The molecule has 4 rings (SSSR count). The standard InChI is InChI=1S/C22H19ClN2O2S/c1-14(2)25-21(26)20(28-22(25)27)11-16-13-24(19-6-4-3-5-18(16)19)12-15-7-9-17(23)10-8-15/h3-11,13-14H,12H2,1-2H3/b20-11+. The van der Waals surface area contributed by atoms with Crippen LogP contribution in [0.2, 0.25) is 5.02 Å². The van der Waals surface area contributed by atoms with E-state index in [-0.39, 0.29) is 17.2 Å². The Morgan fingerprint density at radius 2 is 1.79 bits per heavy atom. The molecule has 1 aliphatic heterocycles. The Morgan fingerprint density at radius 3 is 2.46 bits per heavy atom. The second kappa shape index (κ2) is 7.49. The molecule has 0 spiro atoms. The number of fused-ring (bicyclic) bond motifs is 1. The molecule has 0 N–H and O–H groups in total. The summed E-state index contributed by atoms with van der Waals surface area (Å²) in [6, 6.07) is 15.7. The molecule has 1 saturated heterocycles. The number of imide groups is 1. The van der Waals surface area contributed by atoms with Crippen LogP contribution in [0.4, 0.5) is 4.79 Å². The molecule has 2 amide bonds. The highest BCUT2D eigenvalue weighted by molar-refractivity contribution is 8.18. The minimum Gasteiger partial charge on any atom is -0.342 e. The molecule has 4 nitrogen and oxygen atoms in total. The molecule has 1 fully saturated rings. The monoisotopic (exact) mass is 410 g/mol. The quantitative estimate of drug-likeness (QED) is 0.511. The van der Waals surface area contributed by atoms with Crippen LogP contribution in [-0.2, 0) is 11.3 Å². The number of benzene rings is 2. The van der Waals surface area contributed by atoms with Crippen molar-refractivity contribution in [1.29, 1.82) is 0 Å². The summed E-state index contributed by atoms with van der Waals surface area (Å²) in [6.07, 6.45) is 3.86. The maximum absolute atomic E-state index is 12.6. The summed E-state index contributed by atoms with van der Waals surface area (Å²) in [7, 11) is 0. The maximum atomic E-state index is 12.6. The SMILES string of the molecule is CC(C)N1C(=O)S/C(=C/c2cn(Cc3ccc(Cl)cc3)c3ccccc23)C1=O. The predicted octanol–water partition coefficient (Wildman–Crippen LogP) is 5.79. The molecular formula is C22H19ClN2O2S. The molecule has 0 radical (unpaired) electrons. The Labute approximate surface area is 172 Å². The van der Waals surface area contributed by atoms with Gasteiger partial charge in [-0.25, -0.2) is 0 Å². The first-order valence-corrected chi connectivity index (χ1v) is 10.2. The Hall–Kier alpha value is -2.50. The molecule has 0 saturated carbocycles. The number of hydrogen-bond acceptors (Lipinski definition) is 3. The fourth-order valence-corrected chi connectivity index (χ4v) is 4.45. The van der Waals surface area contributed by atoms with Crippen molar-refractivity contribution in [1.82, 2.24) is 9.47 Å². The third-order valence-electron chi connectivity index (χ3n) is 4.71. The van der Waals surface area contributed by atoms with Crippen LogP contribution in [0.25, 0.3) is 17.0 Å². The van der Waals surface area contributed by atoms with Crippen molar-refractivity contribution < 1.29 is 9.59 Å². The van der Waals surface area contributed by atoms with Crippen molar-refractivity contribution in [2.45, 2.75) is 26.4 Å². The molecule has 2 heterocycles. The van der Waals surface area contributed by atoms with Gasteiger partial charge in [-0.15, -0.1) is 0 Å². The number of carbonyl (C=O) groups excluding carboxylic acids is 2. The number of para-hydroxylation sites is 1. The minimum absolute atomic E-state index is 0.148. The first kappa shape index (κ1) is 18.8. The van der Waals surface area contributed by atoms with Gasteiger partial charge in [0.15, 0.2) is 0 Å². The first-order chi connectivity index (χ1) is 13.4. The van der Waals surface area contributed by atoms with Crippen molar-refractivity contribution in [3.8, 4) is 0 Å². The lowest BCUT2D eigenvalue weighted by Crippen LogP contribution is -2.34. The fraction of sp³-hybridized carbons (Fsp3) is 0.182. The van der Waals surface area contributed by atoms with Gasteiger partial charge in [-0.2, -0.15) is 0 Å². The van der Waals surface area contributed by atoms with Gasteiger partial charge < -0.3 is 4.57 Å². The van der Waals surface area contributed by atoms with Crippen LogP contribution >= 0.6 is 23.4 Å². The second-order valence-corrected chi connectivity index (χ2v) is 8.43. The molecule has 0 atom stereocenters. The van der Waals surface area contributed by atoms with Gasteiger partial charge in [-0.3, -0.25) is 14.5 Å². The number of carbonyl (C=O) groups is 2. The minimum atomic E-state index is -0.223. The van der Waals surface area contributed by atoms with Gasteiger partial charge >= 0.3 is 0 Å². The van der Waals surface area contributed by atoms with E-state index in [1.54, 1.807) is 0 Å². The van der Waals surface area contributed by atoms with Crippen LogP contribution in [0.5, 0.6) is 0 Å². The number of halogens is 1. The van der Waals surface area contributed by atoms with Crippen LogP contribution in [0.3, 0.4) is 0 Å². The van der Waals surface area contributed by atoms with E-state index in [0.29, 0.717) is 16.5 Å². The van der Waals surface area contributed by atoms with E-state index in [0.717, 1.165) is 33.8 Å². The third-order valence-corrected chi connectivity index (χ3v) is 5.85. The van der Waals surface area contributed by atoms with Crippen molar-refractivity contribution in [2.24, 2.45) is 0 Å². The van der Waals surface area contributed by atoms with Crippen molar-refractivity contribution >= 4 is 51.5 Å². The Kier molecular flexibility index (Phi) is 5.04. The molecule has 3 aromatic rings. The average Bonchev–Trinajstić information content (AvgIpc) is 3.14. The predicted molar refractivity (Wildman–Crippen MR) is 115 cm³/mol. The summed E-state index contributed by atoms with van der Waals surface area (Å²) in [4.78, 5) is 26.6. The van der Waals surface area contributed by atoms with Gasteiger partial charge in [0, 0.05) is 40.3 Å². The molecular weight excluding hydrogens is 392 g/mol. The van der Waals surface area contributed by atoms with E-state index in [4.69, 9.17) is 11.6 Å². The lowest BCUT2D eigenvalue weighted by molar-refractivity contribution is -0.123. The molecule has 0 aliphatic carbocycles. The maximum Gasteiger partial charge on any atom is 0.293 e. The van der Waals surface area contributed by atoms with Gasteiger partial charge in [0.2, 0.25) is 0 Å². The van der Waals surface area contributed by atoms with Crippen molar-refractivity contribution in [2.75, 3.05) is 0 Å². The van der Waals surface area contributed by atoms with Crippen LogP contribution in [0, 0.1) is 0 Å². The smallest absolute Gasteiger partial charge is 0.293 e. The second-order valence-electron chi connectivity index (χ2n) is 7.00. The molecule has 6 heteroatoms. The summed E-state index contributed by atoms with van der Waals surface area (Å²) in [5, 5.41) is 1.55. The number of nitrogens with zero attached hydrogens (tertiary/aromatic N) is 2. The molecule has 1 aliphatic rings. The summed E-state index contributed by atoms with van der Waals surface area (Å²) in [6.45, 7) is 4.38. The number of thioether (sulfide) groups is 1. The average molecular weight is 411 g/mol. The van der Waals surface area contributed by atoms with E-state index < -0.39 is 0 Å². The zero-order valence-corrected chi connectivity index (χ0v) is 17.1. The summed E-state index contributed by atoms with van der Waals surface area (Å²) in [5.74, 6) is -0.223. The Balaban J connectivity index is 1.73. The third kappa shape index (κ3) is 3.48. The molecule has 28 heavy (non-hydrogen) atoms. The van der Waals surface area contributed by atoms with Crippen molar-refractivity contribution in [3.05, 3.63) is 75.8 Å². The number of hydrogen-bond donors (Lipinski definition) is 0.